The van der Waals surface area contributed by atoms with E-state index in [1.54, 1.807) is 11.9 Å². The molecule has 3 amide bonds. The predicted octanol–water partition coefficient (Wildman–Crippen LogP) is 2.26. The molecular formula is C23H29N5O3S. The van der Waals surface area contributed by atoms with Crippen molar-refractivity contribution in [2.24, 2.45) is 17.8 Å². The summed E-state index contributed by atoms with van der Waals surface area (Å²) in [5, 5.41) is 1.94. The minimum Gasteiger partial charge on any atom is -0.345 e. The van der Waals surface area contributed by atoms with Gasteiger partial charge >= 0.3 is 0 Å². The summed E-state index contributed by atoms with van der Waals surface area (Å²) in [5.74, 6) is 0.184. The quantitative estimate of drug-likeness (QED) is 0.649. The van der Waals surface area contributed by atoms with Crippen molar-refractivity contribution in [3.05, 3.63) is 23.5 Å². The lowest BCUT2D eigenvalue weighted by Crippen LogP contribution is -2.44. The Labute approximate surface area is 191 Å². The van der Waals surface area contributed by atoms with Crippen LogP contribution in [0.2, 0.25) is 0 Å². The molecule has 0 N–H and O–H groups in total. The van der Waals surface area contributed by atoms with Crippen LogP contribution in [0, 0.1) is 17.8 Å². The van der Waals surface area contributed by atoms with Crippen molar-refractivity contribution in [2.45, 2.75) is 32.1 Å². The monoisotopic (exact) mass is 455 g/mol. The van der Waals surface area contributed by atoms with Crippen LogP contribution in [0.1, 0.15) is 42.6 Å². The molecule has 0 saturated carbocycles. The molecule has 3 aliphatic heterocycles. The van der Waals surface area contributed by atoms with Crippen molar-refractivity contribution >= 4 is 39.3 Å². The van der Waals surface area contributed by atoms with E-state index in [0.717, 1.165) is 42.4 Å². The molecule has 5 rings (SSSR count). The van der Waals surface area contributed by atoms with Gasteiger partial charge in [0.2, 0.25) is 11.8 Å². The largest absolute Gasteiger partial charge is 0.345 e. The zero-order chi connectivity index (χ0) is 22.2. The van der Waals surface area contributed by atoms with E-state index >= 15 is 0 Å². The minimum absolute atomic E-state index is 0.00210. The van der Waals surface area contributed by atoms with Crippen LogP contribution >= 0.6 is 11.3 Å². The first-order valence-electron chi connectivity index (χ1n) is 11.5. The summed E-state index contributed by atoms with van der Waals surface area (Å²) in [6.45, 7) is 3.47. The molecule has 3 atom stereocenters. The Balaban J connectivity index is 1.23. The first-order chi connectivity index (χ1) is 15.5. The second kappa shape index (κ2) is 8.77. The highest BCUT2D eigenvalue weighted by molar-refractivity contribution is 7.17. The smallest absolute Gasteiger partial charge is 0.274 e. The average molecular weight is 456 g/mol. The third-order valence-corrected chi connectivity index (χ3v) is 8.28. The Morgan fingerprint density at radius 2 is 1.75 bits per heavy atom. The molecule has 8 nitrogen and oxygen atoms in total. The molecule has 32 heavy (non-hydrogen) atoms. The zero-order valence-electron chi connectivity index (χ0n) is 18.4. The van der Waals surface area contributed by atoms with Crippen molar-refractivity contribution < 1.29 is 14.4 Å². The average Bonchev–Trinajstić information content (AvgIpc) is 3.35. The Bertz CT molecular complexity index is 1020. The van der Waals surface area contributed by atoms with Gasteiger partial charge in [-0.2, -0.15) is 0 Å². The molecule has 3 fully saturated rings. The van der Waals surface area contributed by atoms with Gasteiger partial charge in [0.15, 0.2) is 0 Å². The second-order valence-corrected chi connectivity index (χ2v) is 10.2. The highest BCUT2D eigenvalue weighted by atomic mass is 32.1. The lowest BCUT2D eigenvalue weighted by molar-refractivity contribution is -0.146. The van der Waals surface area contributed by atoms with E-state index in [1.165, 1.54) is 17.7 Å². The van der Waals surface area contributed by atoms with Crippen LogP contribution in [0.4, 0.5) is 0 Å². The molecule has 0 bridgehead atoms. The van der Waals surface area contributed by atoms with Gasteiger partial charge in [-0.05, 0) is 49.0 Å². The molecular weight excluding hydrogens is 426 g/mol. The number of fused-ring (bicyclic) bond motifs is 2. The normalized spacial score (nSPS) is 26.7. The molecule has 5 heterocycles. The second-order valence-electron chi connectivity index (χ2n) is 9.30. The van der Waals surface area contributed by atoms with Gasteiger partial charge in [0.1, 0.15) is 17.9 Å². The van der Waals surface area contributed by atoms with Gasteiger partial charge in [0, 0.05) is 39.8 Å². The van der Waals surface area contributed by atoms with Crippen LogP contribution in [0.3, 0.4) is 0 Å². The maximum atomic E-state index is 13.2. The number of carbonyl (C=O) groups is 3. The summed E-state index contributed by atoms with van der Waals surface area (Å²) in [6, 6.07) is 1.91. The number of aromatic nitrogens is 2. The molecule has 0 aliphatic carbocycles. The predicted molar refractivity (Wildman–Crippen MR) is 121 cm³/mol. The Hall–Kier alpha value is -2.55. The van der Waals surface area contributed by atoms with Gasteiger partial charge in [0.05, 0.1) is 10.2 Å². The lowest BCUT2D eigenvalue weighted by Gasteiger charge is -2.27. The van der Waals surface area contributed by atoms with Crippen molar-refractivity contribution in [1.82, 2.24) is 24.7 Å². The van der Waals surface area contributed by atoms with E-state index in [9.17, 15) is 14.4 Å². The number of thiophene rings is 1. The van der Waals surface area contributed by atoms with E-state index in [1.807, 2.05) is 21.2 Å². The van der Waals surface area contributed by atoms with Crippen molar-refractivity contribution in [3.63, 3.8) is 0 Å². The van der Waals surface area contributed by atoms with Crippen molar-refractivity contribution in [2.75, 3.05) is 39.8 Å². The zero-order valence-corrected chi connectivity index (χ0v) is 19.2. The summed E-state index contributed by atoms with van der Waals surface area (Å²) < 4.78 is 0.847. The highest BCUT2D eigenvalue weighted by Crippen LogP contribution is 2.34. The fourth-order valence-corrected chi connectivity index (χ4v) is 6.30. The molecule has 0 aromatic carbocycles. The summed E-state index contributed by atoms with van der Waals surface area (Å²) in [5.41, 5.74) is 1.31. The van der Waals surface area contributed by atoms with Crippen LogP contribution in [0.25, 0.3) is 10.2 Å². The molecule has 0 radical (unpaired) electrons. The molecule has 3 saturated heterocycles. The number of hydrogen-bond acceptors (Lipinski definition) is 6. The van der Waals surface area contributed by atoms with Crippen LogP contribution in [0.5, 0.6) is 0 Å². The number of likely N-dealkylation sites (tertiary alicyclic amines) is 3. The van der Waals surface area contributed by atoms with E-state index in [2.05, 4.69) is 9.97 Å². The van der Waals surface area contributed by atoms with Crippen LogP contribution in [-0.2, 0) is 9.59 Å². The topological polar surface area (TPSA) is 86.7 Å². The van der Waals surface area contributed by atoms with Crippen molar-refractivity contribution in [1.29, 1.82) is 0 Å². The Morgan fingerprint density at radius 3 is 2.50 bits per heavy atom. The summed E-state index contributed by atoms with van der Waals surface area (Å²) in [4.78, 5) is 53.1. The molecule has 1 unspecified atom stereocenters. The molecule has 9 heteroatoms. The Kier molecular flexibility index (Phi) is 5.84. The van der Waals surface area contributed by atoms with Gasteiger partial charge in [-0.25, -0.2) is 9.97 Å². The van der Waals surface area contributed by atoms with Crippen LogP contribution in [0.15, 0.2) is 17.8 Å². The fourth-order valence-electron chi connectivity index (χ4n) is 5.47. The molecule has 0 spiro atoms. The van der Waals surface area contributed by atoms with Gasteiger partial charge in [-0.15, -0.1) is 11.3 Å². The van der Waals surface area contributed by atoms with Gasteiger partial charge in [-0.1, -0.05) is 6.42 Å². The first-order valence-corrected chi connectivity index (χ1v) is 12.4. The van der Waals surface area contributed by atoms with E-state index < -0.39 is 5.92 Å². The van der Waals surface area contributed by atoms with E-state index in [0.29, 0.717) is 50.1 Å². The summed E-state index contributed by atoms with van der Waals surface area (Å²) in [7, 11) is 1.80. The number of amides is 3. The summed E-state index contributed by atoms with van der Waals surface area (Å²) >= 11 is 1.50. The SMILES string of the molecule is CN1CCCCC(C(=O)N2CC[C@@H]3CN(C(=O)c4ncnc5ccsc45)C[C@@H]3CC2)C1=O. The Morgan fingerprint density at radius 1 is 1.00 bits per heavy atom. The number of nitrogens with zero attached hydrogens (tertiary/aromatic N) is 5. The molecule has 3 aliphatic rings. The standard InChI is InChI=1S/C23H29N5O3S/c1-26-8-3-2-4-17(21(26)29)22(30)27-9-5-15-12-28(13-16(15)6-10-27)23(31)19-20-18(7-11-32-20)24-14-25-19/h7,11,14-17H,2-6,8-10,12-13H2,1H3/t15-,16+,17?. The third-order valence-electron chi connectivity index (χ3n) is 7.37. The fraction of sp³-hybridized carbons (Fsp3) is 0.609. The number of carbonyl (C=O) groups excluding carboxylic acids is 3. The van der Waals surface area contributed by atoms with Crippen molar-refractivity contribution in [3.8, 4) is 0 Å². The van der Waals surface area contributed by atoms with E-state index in [-0.39, 0.29) is 17.7 Å². The molecule has 2 aromatic heterocycles. The maximum absolute atomic E-state index is 13.2. The van der Waals surface area contributed by atoms with E-state index in [4.69, 9.17) is 0 Å². The number of rotatable bonds is 2. The lowest BCUT2D eigenvalue weighted by atomic mass is 9.92. The summed E-state index contributed by atoms with van der Waals surface area (Å²) in [6.07, 6.45) is 5.74. The maximum Gasteiger partial charge on any atom is 0.274 e. The van der Waals surface area contributed by atoms with Crippen LogP contribution < -0.4 is 0 Å². The highest BCUT2D eigenvalue weighted by Gasteiger charge is 2.40. The third kappa shape index (κ3) is 3.87. The minimum atomic E-state index is -0.524. The molecule has 170 valence electrons. The first kappa shape index (κ1) is 21.3. The molecule has 2 aromatic rings. The van der Waals surface area contributed by atoms with Gasteiger partial charge in [0.25, 0.3) is 5.91 Å². The van der Waals surface area contributed by atoms with Gasteiger partial charge < -0.3 is 14.7 Å². The van der Waals surface area contributed by atoms with Gasteiger partial charge in [-0.3, -0.25) is 14.4 Å². The van der Waals surface area contributed by atoms with Crippen LogP contribution in [-0.4, -0.2) is 82.2 Å². The number of hydrogen-bond donors (Lipinski definition) is 0.